The highest BCUT2D eigenvalue weighted by atomic mass is 32.2. The molecule has 1 aromatic rings. The third-order valence-electron chi connectivity index (χ3n) is 4.20. The number of carbonyl (C=O) groups is 1. The van der Waals surface area contributed by atoms with Gasteiger partial charge in [-0.25, -0.2) is 0 Å². The summed E-state index contributed by atoms with van der Waals surface area (Å²) < 4.78 is 5.10. The van der Waals surface area contributed by atoms with Crippen molar-refractivity contribution in [3.63, 3.8) is 0 Å². The second-order valence-electron chi connectivity index (χ2n) is 5.88. The number of likely N-dealkylation sites (tertiary alicyclic amines) is 1. The molecule has 0 bridgehead atoms. The van der Waals surface area contributed by atoms with Gasteiger partial charge in [-0.2, -0.15) is 4.99 Å². The van der Waals surface area contributed by atoms with E-state index in [2.05, 4.69) is 16.8 Å². The number of aromatic hydroxyl groups is 1. The number of ether oxygens (including phenoxy) is 1. The topological polar surface area (TPSA) is 62.1 Å². The predicted octanol–water partition coefficient (Wildman–Crippen LogP) is 3.10. The fourth-order valence-electron chi connectivity index (χ4n) is 2.69. The van der Waals surface area contributed by atoms with Crippen molar-refractivity contribution in [3.8, 4) is 11.5 Å². The molecule has 2 aliphatic rings. The number of phenolic OH excluding ortho intramolecular Hbond substituents is 1. The molecule has 0 atom stereocenters. The van der Waals surface area contributed by atoms with Crippen LogP contribution in [0.15, 0.2) is 28.1 Å². The van der Waals surface area contributed by atoms with Gasteiger partial charge < -0.3 is 14.7 Å². The van der Waals surface area contributed by atoms with Crippen LogP contribution in [0.1, 0.15) is 25.3 Å². The number of para-hydroxylation sites is 1. The van der Waals surface area contributed by atoms with E-state index < -0.39 is 0 Å². The zero-order valence-electron chi connectivity index (χ0n) is 13.3. The summed E-state index contributed by atoms with van der Waals surface area (Å²) in [5.41, 5.74) is 0.559. The molecule has 2 heterocycles. The minimum absolute atomic E-state index is 0.0381. The van der Waals surface area contributed by atoms with Crippen molar-refractivity contribution < 1.29 is 14.6 Å². The monoisotopic (exact) mass is 332 g/mol. The van der Waals surface area contributed by atoms with Crippen LogP contribution in [0.5, 0.6) is 11.5 Å². The van der Waals surface area contributed by atoms with E-state index in [0.29, 0.717) is 16.2 Å². The van der Waals surface area contributed by atoms with E-state index in [1.807, 2.05) is 0 Å². The van der Waals surface area contributed by atoms with E-state index >= 15 is 0 Å². The molecule has 1 fully saturated rings. The predicted molar refractivity (Wildman–Crippen MR) is 92.6 cm³/mol. The number of piperidine rings is 1. The summed E-state index contributed by atoms with van der Waals surface area (Å²) in [6.07, 6.45) is 3.93. The standard InChI is InChI=1S/C17H20N2O3S/c1-11-6-8-19(9-7-11)17-18-16(21)14(23-17)10-12-4-3-5-13(22-2)15(12)20/h3-5,10-11,20H,6-9H2,1-2H3. The molecule has 0 aromatic heterocycles. The molecular weight excluding hydrogens is 312 g/mol. The van der Waals surface area contributed by atoms with E-state index in [-0.39, 0.29) is 11.7 Å². The van der Waals surface area contributed by atoms with Crippen LogP contribution in [0.3, 0.4) is 0 Å². The molecule has 23 heavy (non-hydrogen) atoms. The van der Waals surface area contributed by atoms with Gasteiger partial charge >= 0.3 is 0 Å². The highest BCUT2D eigenvalue weighted by Crippen LogP contribution is 2.36. The lowest BCUT2D eigenvalue weighted by molar-refractivity contribution is -0.113. The molecule has 1 saturated heterocycles. The summed E-state index contributed by atoms with van der Waals surface area (Å²) in [5, 5.41) is 10.9. The van der Waals surface area contributed by atoms with Crippen molar-refractivity contribution in [1.82, 2.24) is 4.90 Å². The number of methoxy groups -OCH3 is 1. The molecule has 0 saturated carbocycles. The van der Waals surface area contributed by atoms with Gasteiger partial charge in [-0.3, -0.25) is 4.79 Å². The van der Waals surface area contributed by atoms with E-state index in [1.54, 1.807) is 24.3 Å². The summed E-state index contributed by atoms with van der Waals surface area (Å²) in [5.74, 6) is 0.917. The molecular formula is C17H20N2O3S. The number of carbonyl (C=O) groups excluding carboxylic acids is 1. The first-order valence-electron chi connectivity index (χ1n) is 7.72. The second-order valence-corrected chi connectivity index (χ2v) is 6.89. The molecule has 3 rings (SSSR count). The lowest BCUT2D eigenvalue weighted by atomic mass is 10.00. The van der Waals surface area contributed by atoms with Crippen LogP contribution in [0, 0.1) is 5.92 Å². The highest BCUT2D eigenvalue weighted by molar-refractivity contribution is 8.18. The van der Waals surface area contributed by atoms with Crippen molar-refractivity contribution in [3.05, 3.63) is 28.7 Å². The van der Waals surface area contributed by atoms with Crippen LogP contribution in [-0.2, 0) is 4.79 Å². The van der Waals surface area contributed by atoms with Gasteiger partial charge in [0.1, 0.15) is 0 Å². The van der Waals surface area contributed by atoms with Gasteiger partial charge in [0.05, 0.1) is 12.0 Å². The first-order valence-corrected chi connectivity index (χ1v) is 8.53. The SMILES string of the molecule is COc1cccc(C=C2SC(N3CCC(C)CC3)=NC2=O)c1O. The minimum Gasteiger partial charge on any atom is -0.504 e. The zero-order chi connectivity index (χ0) is 16.4. The Morgan fingerprint density at radius 2 is 2.13 bits per heavy atom. The molecule has 0 radical (unpaired) electrons. The molecule has 5 nitrogen and oxygen atoms in total. The van der Waals surface area contributed by atoms with Gasteiger partial charge in [-0.15, -0.1) is 0 Å². The van der Waals surface area contributed by atoms with E-state index in [4.69, 9.17) is 4.74 Å². The molecule has 1 N–H and O–H groups in total. The van der Waals surface area contributed by atoms with Crippen molar-refractivity contribution in [2.45, 2.75) is 19.8 Å². The Balaban J connectivity index is 1.77. The molecule has 0 unspecified atom stereocenters. The highest BCUT2D eigenvalue weighted by Gasteiger charge is 2.28. The number of rotatable bonds is 2. The van der Waals surface area contributed by atoms with E-state index in [9.17, 15) is 9.90 Å². The molecule has 1 aromatic carbocycles. The maximum atomic E-state index is 12.1. The maximum Gasteiger partial charge on any atom is 0.286 e. The van der Waals surface area contributed by atoms with Crippen molar-refractivity contribution in [2.75, 3.05) is 20.2 Å². The van der Waals surface area contributed by atoms with Crippen molar-refractivity contribution in [1.29, 1.82) is 0 Å². The van der Waals surface area contributed by atoms with Crippen LogP contribution in [0.4, 0.5) is 0 Å². The largest absolute Gasteiger partial charge is 0.504 e. The van der Waals surface area contributed by atoms with Gasteiger partial charge in [0.25, 0.3) is 5.91 Å². The fourth-order valence-corrected chi connectivity index (χ4v) is 3.65. The van der Waals surface area contributed by atoms with Gasteiger partial charge in [-0.05, 0) is 42.7 Å². The smallest absolute Gasteiger partial charge is 0.286 e. The number of amidine groups is 1. The Hall–Kier alpha value is -1.95. The lowest BCUT2D eigenvalue weighted by Crippen LogP contribution is -2.35. The van der Waals surface area contributed by atoms with E-state index in [1.165, 1.54) is 18.9 Å². The summed E-state index contributed by atoms with van der Waals surface area (Å²) in [4.78, 5) is 19.0. The van der Waals surface area contributed by atoms with Crippen LogP contribution >= 0.6 is 11.8 Å². The quantitative estimate of drug-likeness (QED) is 0.843. The molecule has 6 heteroatoms. The van der Waals surface area contributed by atoms with Gasteiger partial charge in [0, 0.05) is 18.7 Å². The zero-order valence-corrected chi connectivity index (χ0v) is 14.1. The van der Waals surface area contributed by atoms with Crippen molar-refractivity contribution >= 4 is 28.9 Å². The van der Waals surface area contributed by atoms with Gasteiger partial charge in [0.2, 0.25) is 0 Å². The number of phenols is 1. The molecule has 1 amide bonds. The Morgan fingerprint density at radius 1 is 1.39 bits per heavy atom. The number of amides is 1. The minimum atomic E-state index is -0.245. The van der Waals surface area contributed by atoms with Crippen LogP contribution in [0.25, 0.3) is 6.08 Å². The Bertz CT molecular complexity index is 676. The third-order valence-corrected chi connectivity index (χ3v) is 5.24. The summed E-state index contributed by atoms with van der Waals surface area (Å²) >= 11 is 1.38. The number of benzene rings is 1. The molecule has 0 spiro atoms. The number of hydrogen-bond acceptors (Lipinski definition) is 5. The maximum absolute atomic E-state index is 12.1. The Morgan fingerprint density at radius 3 is 2.83 bits per heavy atom. The Kier molecular flexibility index (Phi) is 4.61. The van der Waals surface area contributed by atoms with Crippen molar-refractivity contribution in [2.24, 2.45) is 10.9 Å². The summed E-state index contributed by atoms with van der Waals surface area (Å²) in [6.45, 7) is 4.14. The van der Waals surface area contributed by atoms with Gasteiger partial charge in [0.15, 0.2) is 16.7 Å². The molecule has 0 aliphatic carbocycles. The normalized spacial score (nSPS) is 21.0. The molecule has 122 valence electrons. The lowest BCUT2D eigenvalue weighted by Gasteiger charge is -2.30. The molecule has 2 aliphatic heterocycles. The summed E-state index contributed by atoms with van der Waals surface area (Å²) in [7, 11) is 1.50. The van der Waals surface area contributed by atoms with Crippen LogP contribution in [0.2, 0.25) is 0 Å². The fraction of sp³-hybridized carbons (Fsp3) is 0.412. The number of nitrogens with zero attached hydrogens (tertiary/aromatic N) is 2. The van der Waals surface area contributed by atoms with Crippen LogP contribution < -0.4 is 4.74 Å². The number of thioether (sulfide) groups is 1. The summed E-state index contributed by atoms with van der Waals surface area (Å²) in [6, 6.07) is 5.21. The average molecular weight is 332 g/mol. The first kappa shape index (κ1) is 15.9. The number of aliphatic imine (C=N–C) groups is 1. The third kappa shape index (κ3) is 3.37. The Labute approximate surface area is 140 Å². The van der Waals surface area contributed by atoms with Gasteiger partial charge in [-0.1, -0.05) is 19.1 Å². The first-order chi connectivity index (χ1) is 11.1. The van der Waals surface area contributed by atoms with E-state index in [0.717, 1.165) is 37.0 Å². The second kappa shape index (κ2) is 6.66. The number of hydrogen-bond donors (Lipinski definition) is 1. The average Bonchev–Trinajstić information content (AvgIpc) is 2.91. The van der Waals surface area contributed by atoms with Crippen LogP contribution in [-0.4, -0.2) is 41.3 Å².